The lowest BCUT2D eigenvalue weighted by Crippen LogP contribution is -2.47. The molecular formula is C54H97N2O7P. The number of rotatable bonds is 45. The van der Waals surface area contributed by atoms with Crippen LogP contribution in [-0.4, -0.2) is 69.4 Å². The van der Waals surface area contributed by atoms with Gasteiger partial charge in [0.15, 0.2) is 0 Å². The topological polar surface area (TPSA) is 114 Å². The SMILES string of the molecule is CC/C=C/C/C=C/C/C=C/CCCCCCC(=O)NC(COP(=O)([O-])OCC[N+](C)(C)C)C(/C=C/CCCCCCCCCCC)OC(=O)CC/C=C/C/C=C\CCCCCCCC. The molecule has 3 unspecified atom stereocenters. The number of nitrogens with zero attached hydrogens (tertiary/aromatic N) is 1. The van der Waals surface area contributed by atoms with Crippen LogP contribution in [0.5, 0.6) is 0 Å². The maximum absolute atomic E-state index is 13.4. The first-order valence-corrected chi connectivity index (χ1v) is 27.2. The van der Waals surface area contributed by atoms with Gasteiger partial charge in [0.2, 0.25) is 5.91 Å². The predicted molar refractivity (Wildman–Crippen MR) is 270 cm³/mol. The van der Waals surface area contributed by atoms with Crippen LogP contribution in [0.15, 0.2) is 72.9 Å². The Bertz CT molecular complexity index is 1330. The van der Waals surface area contributed by atoms with Gasteiger partial charge in [-0.15, -0.1) is 0 Å². The monoisotopic (exact) mass is 917 g/mol. The van der Waals surface area contributed by atoms with Gasteiger partial charge in [0.25, 0.3) is 7.82 Å². The number of allylic oxidation sites excluding steroid dienone is 11. The molecule has 64 heavy (non-hydrogen) atoms. The predicted octanol–water partition coefficient (Wildman–Crippen LogP) is 14.3. The van der Waals surface area contributed by atoms with Crippen LogP contribution in [-0.2, 0) is 27.9 Å². The summed E-state index contributed by atoms with van der Waals surface area (Å²) in [6.07, 6.45) is 54.6. The highest BCUT2D eigenvalue weighted by Crippen LogP contribution is 2.38. The summed E-state index contributed by atoms with van der Waals surface area (Å²) in [7, 11) is 1.13. The van der Waals surface area contributed by atoms with Crippen LogP contribution < -0.4 is 10.2 Å². The van der Waals surface area contributed by atoms with Crippen molar-refractivity contribution in [1.29, 1.82) is 0 Å². The molecule has 0 aliphatic rings. The van der Waals surface area contributed by atoms with E-state index in [1.54, 1.807) is 6.08 Å². The Morgan fingerprint density at radius 1 is 0.562 bits per heavy atom. The molecule has 0 fully saturated rings. The summed E-state index contributed by atoms with van der Waals surface area (Å²) in [5.74, 6) is -0.652. The Hall–Kier alpha value is -2.55. The number of esters is 1. The van der Waals surface area contributed by atoms with Crippen LogP contribution in [0.1, 0.15) is 207 Å². The van der Waals surface area contributed by atoms with Gasteiger partial charge < -0.3 is 28.5 Å². The highest BCUT2D eigenvalue weighted by atomic mass is 31.2. The van der Waals surface area contributed by atoms with Crippen molar-refractivity contribution in [1.82, 2.24) is 5.32 Å². The van der Waals surface area contributed by atoms with Crippen LogP contribution >= 0.6 is 7.82 Å². The average molecular weight is 917 g/mol. The summed E-state index contributed by atoms with van der Waals surface area (Å²) in [6.45, 7) is 6.63. The quantitative estimate of drug-likeness (QED) is 0.0213. The zero-order valence-electron chi connectivity index (χ0n) is 42.0. The van der Waals surface area contributed by atoms with E-state index in [1.807, 2.05) is 33.3 Å². The molecule has 0 radical (unpaired) electrons. The largest absolute Gasteiger partial charge is 0.756 e. The number of quaternary nitrogens is 1. The number of hydrogen-bond donors (Lipinski definition) is 1. The minimum Gasteiger partial charge on any atom is -0.756 e. The van der Waals surface area contributed by atoms with Crippen LogP contribution in [0.2, 0.25) is 0 Å². The first-order valence-electron chi connectivity index (χ1n) is 25.7. The van der Waals surface area contributed by atoms with Crippen molar-refractivity contribution >= 4 is 19.7 Å². The molecule has 3 atom stereocenters. The summed E-state index contributed by atoms with van der Waals surface area (Å²) in [6, 6.07) is -0.922. The van der Waals surface area contributed by atoms with Crippen molar-refractivity contribution in [2.24, 2.45) is 0 Å². The summed E-state index contributed by atoms with van der Waals surface area (Å²) in [5, 5.41) is 2.97. The Kier molecular flexibility index (Phi) is 42.5. The molecule has 1 N–H and O–H groups in total. The highest BCUT2D eigenvalue weighted by molar-refractivity contribution is 7.45. The van der Waals surface area contributed by atoms with Crippen molar-refractivity contribution in [2.45, 2.75) is 219 Å². The number of nitrogens with one attached hydrogen (secondary N) is 1. The van der Waals surface area contributed by atoms with E-state index in [1.165, 1.54) is 83.5 Å². The molecule has 0 spiro atoms. The lowest BCUT2D eigenvalue weighted by Gasteiger charge is -2.30. The molecule has 0 heterocycles. The highest BCUT2D eigenvalue weighted by Gasteiger charge is 2.27. The summed E-state index contributed by atoms with van der Waals surface area (Å²) < 4.78 is 30.0. The summed E-state index contributed by atoms with van der Waals surface area (Å²) in [4.78, 5) is 39.6. The molecule has 0 bridgehead atoms. The Morgan fingerprint density at radius 2 is 1.02 bits per heavy atom. The molecule has 0 aromatic heterocycles. The molecule has 1 amide bonds. The second-order valence-corrected chi connectivity index (χ2v) is 19.7. The van der Waals surface area contributed by atoms with Crippen LogP contribution in [0, 0.1) is 0 Å². The van der Waals surface area contributed by atoms with Gasteiger partial charge in [0, 0.05) is 12.8 Å². The van der Waals surface area contributed by atoms with Gasteiger partial charge in [0.05, 0.1) is 33.8 Å². The lowest BCUT2D eigenvalue weighted by molar-refractivity contribution is -0.870. The van der Waals surface area contributed by atoms with E-state index in [0.717, 1.165) is 77.0 Å². The fourth-order valence-corrected chi connectivity index (χ4v) is 7.60. The van der Waals surface area contributed by atoms with Gasteiger partial charge in [0.1, 0.15) is 19.3 Å². The Balaban J connectivity index is 5.55. The van der Waals surface area contributed by atoms with E-state index in [4.69, 9.17) is 13.8 Å². The van der Waals surface area contributed by atoms with Crippen molar-refractivity contribution in [3.8, 4) is 0 Å². The second kappa shape index (κ2) is 44.3. The maximum Gasteiger partial charge on any atom is 0.306 e. The van der Waals surface area contributed by atoms with Crippen molar-refractivity contribution in [3.63, 3.8) is 0 Å². The molecule has 10 heteroatoms. The molecule has 0 aliphatic heterocycles. The van der Waals surface area contributed by atoms with Gasteiger partial charge in [-0.2, -0.15) is 0 Å². The van der Waals surface area contributed by atoms with Crippen LogP contribution in [0.3, 0.4) is 0 Å². The summed E-state index contributed by atoms with van der Waals surface area (Å²) >= 11 is 0. The van der Waals surface area contributed by atoms with Gasteiger partial charge in [-0.05, 0) is 83.1 Å². The van der Waals surface area contributed by atoms with Gasteiger partial charge >= 0.3 is 5.97 Å². The third-order valence-corrected chi connectivity index (χ3v) is 11.8. The lowest BCUT2D eigenvalue weighted by atomic mass is 10.1. The van der Waals surface area contributed by atoms with E-state index < -0.39 is 32.5 Å². The zero-order chi connectivity index (χ0) is 47.3. The van der Waals surface area contributed by atoms with Crippen molar-refractivity contribution in [3.05, 3.63) is 72.9 Å². The van der Waals surface area contributed by atoms with Crippen LogP contribution in [0.4, 0.5) is 0 Å². The molecule has 0 saturated carbocycles. The fourth-order valence-electron chi connectivity index (χ4n) is 6.88. The minimum atomic E-state index is -4.71. The third kappa shape index (κ3) is 44.6. The van der Waals surface area contributed by atoms with E-state index >= 15 is 0 Å². The number of ether oxygens (including phenoxy) is 1. The number of carbonyl (C=O) groups excluding carboxylic acids is 2. The van der Waals surface area contributed by atoms with E-state index in [0.29, 0.717) is 23.9 Å². The van der Waals surface area contributed by atoms with Gasteiger partial charge in [-0.3, -0.25) is 14.2 Å². The number of carbonyl (C=O) groups is 2. The fraction of sp³-hybridized carbons (Fsp3) is 0.741. The first kappa shape index (κ1) is 61.5. The van der Waals surface area contributed by atoms with Crippen LogP contribution in [0.25, 0.3) is 0 Å². The van der Waals surface area contributed by atoms with E-state index in [9.17, 15) is 19.0 Å². The van der Waals surface area contributed by atoms with Gasteiger partial charge in [-0.1, -0.05) is 184 Å². The number of hydrogen-bond acceptors (Lipinski definition) is 7. The number of likely N-dealkylation sites (N-methyl/N-ethyl adjacent to an activating group) is 1. The Labute approximate surface area is 393 Å². The number of phosphoric ester groups is 1. The first-order chi connectivity index (χ1) is 30.9. The molecule has 0 aliphatic carbocycles. The van der Waals surface area contributed by atoms with Crippen molar-refractivity contribution < 1.29 is 37.3 Å². The van der Waals surface area contributed by atoms with E-state index in [2.05, 4.69) is 80.8 Å². The van der Waals surface area contributed by atoms with Crippen molar-refractivity contribution in [2.75, 3.05) is 40.9 Å². The maximum atomic E-state index is 13.4. The molecule has 370 valence electrons. The molecule has 0 aromatic carbocycles. The second-order valence-electron chi connectivity index (χ2n) is 18.3. The smallest absolute Gasteiger partial charge is 0.306 e. The van der Waals surface area contributed by atoms with E-state index in [-0.39, 0.29) is 25.4 Å². The number of unbranched alkanes of at least 4 members (excludes halogenated alkanes) is 19. The third-order valence-electron chi connectivity index (χ3n) is 10.9. The number of amides is 1. The standard InChI is InChI=1S/C54H97N2O7P/c1-7-10-13-16-19-22-25-27-29-31-34-37-40-43-46-53(57)55-51(50-62-64(59,60)61-49-48-56(4,5)6)52(45-42-39-36-33-30-24-21-18-15-12-9-3)63-54(58)47-44-41-38-35-32-28-26-23-20-17-14-11-8-2/h10,13,19,22,27-29,32,38,41-42,45,51-52H,7-9,11-12,14-18,20-21,23-26,30-31,33-37,39-40,43-44,46-50H2,1-6H3,(H-,55,57,59,60)/b13-10+,22-19+,29-27+,32-28-,41-38+,45-42+. The van der Waals surface area contributed by atoms with Gasteiger partial charge in [-0.25, -0.2) is 0 Å². The normalized spacial score (nSPS) is 14.5. The molecule has 0 saturated heterocycles. The molecule has 9 nitrogen and oxygen atoms in total. The molecule has 0 rings (SSSR count). The zero-order valence-corrected chi connectivity index (χ0v) is 42.9. The minimum absolute atomic E-state index is 0.0371. The molecular weight excluding hydrogens is 820 g/mol. The summed E-state index contributed by atoms with van der Waals surface area (Å²) in [5.41, 5.74) is 0. The Morgan fingerprint density at radius 3 is 1.53 bits per heavy atom. The average Bonchev–Trinajstić information content (AvgIpc) is 3.25. The number of phosphoric acid groups is 1. The molecule has 0 aromatic rings.